The third-order valence-electron chi connectivity index (χ3n) is 6.21. The summed E-state index contributed by atoms with van der Waals surface area (Å²) in [6.07, 6.45) is 6.71. The topological polar surface area (TPSA) is 90.4 Å². The third kappa shape index (κ3) is 3.16. The van der Waals surface area contributed by atoms with Crippen molar-refractivity contribution >= 4 is 11.5 Å². The van der Waals surface area contributed by atoms with Gasteiger partial charge in [-0.15, -0.1) is 5.10 Å². The Labute approximate surface area is 184 Å². The Kier molecular flexibility index (Phi) is 4.32. The Morgan fingerprint density at radius 2 is 1.97 bits per heavy atom. The first-order chi connectivity index (χ1) is 15.5. The van der Waals surface area contributed by atoms with Gasteiger partial charge in [0.2, 0.25) is 0 Å². The van der Waals surface area contributed by atoms with Crippen LogP contribution in [0.25, 0.3) is 16.8 Å². The van der Waals surface area contributed by atoms with Gasteiger partial charge in [0.05, 0.1) is 25.5 Å². The van der Waals surface area contributed by atoms with Crippen LogP contribution in [0.5, 0.6) is 0 Å². The van der Waals surface area contributed by atoms with Crippen LogP contribution in [0.2, 0.25) is 0 Å². The lowest BCUT2D eigenvalue weighted by Gasteiger charge is -2.30. The number of rotatable bonds is 3. The molecule has 0 aliphatic carbocycles. The van der Waals surface area contributed by atoms with Gasteiger partial charge in [-0.2, -0.15) is 9.61 Å². The lowest BCUT2D eigenvalue weighted by Crippen LogP contribution is -2.33. The van der Waals surface area contributed by atoms with Crippen molar-refractivity contribution in [2.24, 2.45) is 0 Å². The minimum Gasteiger partial charge on any atom is -0.377 e. The van der Waals surface area contributed by atoms with Crippen molar-refractivity contribution in [2.75, 3.05) is 24.7 Å². The van der Waals surface area contributed by atoms with Gasteiger partial charge in [-0.1, -0.05) is 0 Å². The van der Waals surface area contributed by atoms with E-state index in [9.17, 15) is 4.79 Å². The second-order valence-corrected chi connectivity index (χ2v) is 8.56. The van der Waals surface area contributed by atoms with Crippen molar-refractivity contribution in [1.82, 2.24) is 29.4 Å². The average Bonchev–Trinajstić information content (AvgIpc) is 3.20. The van der Waals surface area contributed by atoms with Crippen LogP contribution >= 0.6 is 0 Å². The summed E-state index contributed by atoms with van der Waals surface area (Å²) >= 11 is 0. The van der Waals surface area contributed by atoms with E-state index in [1.54, 1.807) is 0 Å². The molecule has 162 valence electrons. The third-order valence-corrected chi connectivity index (χ3v) is 6.21. The van der Waals surface area contributed by atoms with Gasteiger partial charge in [0.15, 0.2) is 11.5 Å². The summed E-state index contributed by atoms with van der Waals surface area (Å²) in [5.41, 5.74) is 6.49. The molecule has 32 heavy (non-hydrogen) atoms. The molecule has 2 aliphatic heterocycles. The van der Waals surface area contributed by atoms with Gasteiger partial charge in [-0.3, -0.25) is 14.5 Å². The van der Waals surface area contributed by atoms with Crippen molar-refractivity contribution in [1.29, 1.82) is 0 Å². The molecule has 1 fully saturated rings. The van der Waals surface area contributed by atoms with Crippen LogP contribution in [0.15, 0.2) is 41.6 Å². The molecule has 0 radical (unpaired) electrons. The summed E-state index contributed by atoms with van der Waals surface area (Å²) in [7, 11) is 0. The zero-order valence-electron chi connectivity index (χ0n) is 18.0. The zero-order chi connectivity index (χ0) is 21.8. The maximum atomic E-state index is 12.4. The van der Waals surface area contributed by atoms with Crippen LogP contribution < -0.4 is 10.5 Å². The van der Waals surface area contributed by atoms with E-state index in [-0.39, 0.29) is 5.56 Å². The van der Waals surface area contributed by atoms with E-state index in [4.69, 9.17) is 9.72 Å². The van der Waals surface area contributed by atoms with Crippen LogP contribution in [-0.2, 0) is 17.7 Å². The predicted octanol–water partition coefficient (Wildman–Crippen LogP) is 2.10. The summed E-state index contributed by atoms with van der Waals surface area (Å²) in [4.78, 5) is 23.8. The Bertz CT molecular complexity index is 1400. The Balaban J connectivity index is 1.33. The van der Waals surface area contributed by atoms with E-state index in [0.717, 1.165) is 54.4 Å². The number of aryl methyl sites for hydroxylation is 2. The largest absolute Gasteiger partial charge is 0.377 e. The quantitative estimate of drug-likeness (QED) is 0.493. The lowest BCUT2D eigenvalue weighted by atomic mass is 10.0. The molecule has 4 aromatic rings. The first-order valence-electron chi connectivity index (χ1n) is 10.8. The lowest BCUT2D eigenvalue weighted by molar-refractivity contribution is -0.0286. The van der Waals surface area contributed by atoms with Gasteiger partial charge in [0.1, 0.15) is 0 Å². The Morgan fingerprint density at radius 1 is 1.09 bits per heavy atom. The second kappa shape index (κ2) is 7.23. The fourth-order valence-corrected chi connectivity index (χ4v) is 4.38. The van der Waals surface area contributed by atoms with E-state index in [2.05, 4.69) is 32.3 Å². The van der Waals surface area contributed by atoms with E-state index in [1.807, 2.05) is 37.0 Å². The molecular weight excluding hydrogens is 406 g/mol. The first-order valence-corrected chi connectivity index (χ1v) is 10.8. The van der Waals surface area contributed by atoms with Gasteiger partial charge in [0, 0.05) is 60.5 Å². The maximum absolute atomic E-state index is 12.4. The van der Waals surface area contributed by atoms with Crippen molar-refractivity contribution in [3.8, 4) is 11.1 Å². The summed E-state index contributed by atoms with van der Waals surface area (Å²) in [6, 6.07) is 5.96. The molecule has 0 spiro atoms. The molecule has 6 heterocycles. The van der Waals surface area contributed by atoms with Gasteiger partial charge < -0.3 is 9.64 Å². The van der Waals surface area contributed by atoms with Crippen molar-refractivity contribution < 1.29 is 4.74 Å². The molecule has 0 saturated carbocycles. The van der Waals surface area contributed by atoms with E-state index in [0.29, 0.717) is 23.9 Å². The fourth-order valence-electron chi connectivity index (χ4n) is 4.38. The number of ether oxygens (including phenoxy) is 1. The molecule has 0 amide bonds. The fraction of sp³-hybridized carbons (Fsp3) is 0.348. The second-order valence-electron chi connectivity index (χ2n) is 8.56. The van der Waals surface area contributed by atoms with Crippen molar-refractivity contribution in [3.05, 3.63) is 69.7 Å². The number of hydrogen-bond acceptors (Lipinski definition) is 7. The molecule has 0 unspecified atom stereocenters. The SMILES string of the molecule is Cc1cc(=O)n2nc(N3CCc4ncc(-c5cnn(C6COC6)c5)cc4C3)c(C)cc2n1. The van der Waals surface area contributed by atoms with Crippen LogP contribution in [0.3, 0.4) is 0 Å². The Morgan fingerprint density at radius 3 is 2.78 bits per heavy atom. The number of hydrogen-bond donors (Lipinski definition) is 0. The minimum atomic E-state index is -0.163. The van der Waals surface area contributed by atoms with Gasteiger partial charge >= 0.3 is 0 Å². The van der Waals surface area contributed by atoms with Crippen LogP contribution in [0.1, 0.15) is 28.6 Å². The molecule has 0 N–H and O–H groups in total. The molecule has 1 saturated heterocycles. The molecule has 6 rings (SSSR count). The highest BCUT2D eigenvalue weighted by Gasteiger charge is 2.23. The average molecular weight is 429 g/mol. The van der Waals surface area contributed by atoms with E-state index >= 15 is 0 Å². The van der Waals surface area contributed by atoms with Gasteiger partial charge in [-0.05, 0) is 37.1 Å². The van der Waals surface area contributed by atoms with Crippen LogP contribution in [0.4, 0.5) is 5.82 Å². The van der Waals surface area contributed by atoms with Crippen molar-refractivity contribution in [2.45, 2.75) is 32.9 Å². The molecule has 4 aromatic heterocycles. The number of anilines is 1. The summed E-state index contributed by atoms with van der Waals surface area (Å²) in [5, 5.41) is 9.15. The predicted molar refractivity (Wildman–Crippen MR) is 119 cm³/mol. The molecule has 2 aliphatic rings. The molecule has 9 heteroatoms. The van der Waals surface area contributed by atoms with E-state index < -0.39 is 0 Å². The van der Waals surface area contributed by atoms with Crippen LogP contribution in [0, 0.1) is 13.8 Å². The van der Waals surface area contributed by atoms with Gasteiger partial charge in [0.25, 0.3) is 5.56 Å². The molecule has 0 aromatic carbocycles. The Hall–Kier alpha value is -3.59. The number of pyridine rings is 1. The monoisotopic (exact) mass is 429 g/mol. The zero-order valence-corrected chi connectivity index (χ0v) is 18.0. The molecular formula is C23H23N7O2. The number of nitrogens with zero attached hydrogens (tertiary/aromatic N) is 7. The highest BCUT2D eigenvalue weighted by atomic mass is 16.5. The normalized spacial score (nSPS) is 16.2. The molecule has 9 nitrogen and oxygen atoms in total. The molecule has 0 bridgehead atoms. The van der Waals surface area contributed by atoms with Gasteiger partial charge in [-0.25, -0.2) is 4.98 Å². The number of aromatic nitrogens is 6. The summed E-state index contributed by atoms with van der Waals surface area (Å²) in [5.74, 6) is 0.805. The summed E-state index contributed by atoms with van der Waals surface area (Å²) < 4.78 is 8.63. The first kappa shape index (κ1) is 19.1. The van der Waals surface area contributed by atoms with Crippen molar-refractivity contribution in [3.63, 3.8) is 0 Å². The number of fused-ring (bicyclic) bond motifs is 2. The molecule has 0 atom stereocenters. The summed E-state index contributed by atoms with van der Waals surface area (Å²) in [6.45, 7) is 6.75. The van der Waals surface area contributed by atoms with Crippen LogP contribution in [-0.4, -0.2) is 49.1 Å². The van der Waals surface area contributed by atoms with E-state index in [1.165, 1.54) is 16.1 Å². The highest BCUT2D eigenvalue weighted by molar-refractivity contribution is 5.63. The smallest absolute Gasteiger partial charge is 0.274 e. The standard InChI is InChI=1S/C23H23N7O2/c1-14-5-21-26-15(2)6-22(31)30(21)27-23(14)28-4-3-20-17(10-28)7-16(8-24-20)18-9-25-29(11-18)19-12-32-13-19/h5-9,11,19H,3-4,10,12-13H2,1-2H3. The minimum absolute atomic E-state index is 0.163. The highest BCUT2D eigenvalue weighted by Crippen LogP contribution is 2.29. The maximum Gasteiger partial charge on any atom is 0.274 e.